The van der Waals surface area contributed by atoms with Crippen molar-refractivity contribution in [2.45, 2.75) is 32.4 Å². The zero-order valence-electron chi connectivity index (χ0n) is 15.3. The van der Waals surface area contributed by atoms with Gasteiger partial charge in [0, 0.05) is 0 Å². The number of carbonyl (C=O) groups is 1. The van der Waals surface area contributed by atoms with Crippen LogP contribution in [0.15, 0.2) is 34.2 Å². The zero-order valence-corrected chi connectivity index (χ0v) is 16.1. The van der Waals surface area contributed by atoms with Crippen molar-refractivity contribution in [1.82, 2.24) is 20.5 Å². The fourth-order valence-electron chi connectivity index (χ4n) is 2.34. The second-order valence-electron chi connectivity index (χ2n) is 6.27. The smallest absolute Gasteiger partial charge is 0.271 e. The first-order valence-electron chi connectivity index (χ1n) is 8.07. The first-order valence-corrected chi connectivity index (χ1v) is 8.89. The number of oxime groups is 1. The number of aromatic nitrogens is 3. The van der Waals surface area contributed by atoms with Crippen LogP contribution in [0.2, 0.25) is 0 Å². The Morgan fingerprint density at radius 3 is 2.96 bits per heavy atom. The maximum Gasteiger partial charge on any atom is 0.271 e. The molecule has 0 spiro atoms. The summed E-state index contributed by atoms with van der Waals surface area (Å²) in [6.07, 6.45) is 1.50. The molecule has 0 radical (unpaired) electrons. The average molecular weight is 389 g/mol. The number of nitrogens with zero attached hydrogens (tertiary/aromatic N) is 4. The van der Waals surface area contributed by atoms with Crippen LogP contribution in [0.5, 0.6) is 5.75 Å². The van der Waals surface area contributed by atoms with E-state index < -0.39 is 17.6 Å². The second kappa shape index (κ2) is 7.70. The summed E-state index contributed by atoms with van der Waals surface area (Å²) in [6.45, 7) is 5.47. The molecule has 1 atom stereocenters. The first kappa shape index (κ1) is 18.8. The van der Waals surface area contributed by atoms with E-state index in [-0.39, 0.29) is 5.89 Å². The number of ether oxygens (including phenoxy) is 1. The molecular formula is C17H19N5O4S. The molecule has 1 unspecified atom stereocenters. The predicted octanol–water partition coefficient (Wildman–Crippen LogP) is 2.63. The molecule has 3 rings (SSSR count). The highest BCUT2D eigenvalue weighted by Gasteiger charge is 2.31. The van der Waals surface area contributed by atoms with Gasteiger partial charge in [0.25, 0.3) is 17.9 Å². The lowest BCUT2D eigenvalue weighted by Crippen LogP contribution is -2.47. The maximum absolute atomic E-state index is 12.8. The van der Waals surface area contributed by atoms with Crippen molar-refractivity contribution >= 4 is 33.7 Å². The lowest BCUT2D eigenvalue weighted by molar-refractivity contribution is -0.130. The van der Waals surface area contributed by atoms with Crippen molar-refractivity contribution in [1.29, 1.82) is 0 Å². The lowest BCUT2D eigenvalue weighted by Gasteiger charge is -2.24. The molecule has 0 saturated heterocycles. The number of aryl methyl sites for hydroxylation is 1. The Labute approximate surface area is 159 Å². The highest BCUT2D eigenvalue weighted by atomic mass is 32.1. The average Bonchev–Trinajstić information content (AvgIpc) is 3.25. The third-order valence-corrected chi connectivity index (χ3v) is 4.42. The van der Waals surface area contributed by atoms with E-state index in [0.29, 0.717) is 5.75 Å². The van der Waals surface area contributed by atoms with Crippen molar-refractivity contribution in [3.05, 3.63) is 35.5 Å². The SMILES string of the molecule is CO/N=C/C(C)(C)NC(=O)C(Oc1ccc2nc(C)sc2c1)c1nnco1. The molecule has 142 valence electrons. The lowest BCUT2D eigenvalue weighted by atomic mass is 10.1. The summed E-state index contributed by atoms with van der Waals surface area (Å²) in [5.74, 6) is 0.0906. The van der Waals surface area contributed by atoms with E-state index in [9.17, 15) is 4.79 Å². The third kappa shape index (κ3) is 4.59. The van der Waals surface area contributed by atoms with Gasteiger partial charge in [0.15, 0.2) is 0 Å². The molecule has 2 aromatic heterocycles. The van der Waals surface area contributed by atoms with Gasteiger partial charge in [0.1, 0.15) is 12.9 Å². The number of amides is 1. The summed E-state index contributed by atoms with van der Waals surface area (Å²) in [5, 5.41) is 14.9. The summed E-state index contributed by atoms with van der Waals surface area (Å²) in [4.78, 5) is 21.9. The summed E-state index contributed by atoms with van der Waals surface area (Å²) in [5.41, 5.74) is 0.105. The minimum Gasteiger partial charge on any atom is -0.471 e. The van der Waals surface area contributed by atoms with Crippen LogP contribution >= 0.6 is 11.3 Å². The van der Waals surface area contributed by atoms with Gasteiger partial charge < -0.3 is 19.3 Å². The summed E-state index contributed by atoms with van der Waals surface area (Å²) in [7, 11) is 1.43. The Hall–Kier alpha value is -3.01. The van der Waals surface area contributed by atoms with E-state index in [4.69, 9.17) is 9.15 Å². The molecule has 0 aliphatic rings. The van der Waals surface area contributed by atoms with Crippen LogP contribution in [0, 0.1) is 6.92 Å². The Morgan fingerprint density at radius 2 is 2.26 bits per heavy atom. The van der Waals surface area contributed by atoms with Gasteiger partial charge in [-0.15, -0.1) is 21.5 Å². The van der Waals surface area contributed by atoms with E-state index in [2.05, 4.69) is 30.5 Å². The number of hydrogen-bond donors (Lipinski definition) is 1. The minimum absolute atomic E-state index is 0.0487. The molecule has 0 bridgehead atoms. The largest absolute Gasteiger partial charge is 0.471 e. The maximum atomic E-state index is 12.8. The summed E-state index contributed by atoms with van der Waals surface area (Å²) >= 11 is 1.54. The van der Waals surface area contributed by atoms with Gasteiger partial charge in [-0.2, -0.15) is 0 Å². The normalized spacial score (nSPS) is 13.0. The van der Waals surface area contributed by atoms with E-state index in [0.717, 1.165) is 21.6 Å². The number of carbonyl (C=O) groups excluding carboxylic acids is 1. The molecule has 0 aliphatic carbocycles. The predicted molar refractivity (Wildman–Crippen MR) is 99.7 cm³/mol. The number of hydrogen-bond acceptors (Lipinski definition) is 9. The molecule has 27 heavy (non-hydrogen) atoms. The van der Waals surface area contributed by atoms with Crippen molar-refractivity contribution in [2.75, 3.05) is 7.11 Å². The van der Waals surface area contributed by atoms with Crippen molar-refractivity contribution < 1.29 is 18.8 Å². The molecule has 9 nitrogen and oxygen atoms in total. The minimum atomic E-state index is -1.12. The highest BCUT2D eigenvalue weighted by Crippen LogP contribution is 2.28. The Morgan fingerprint density at radius 1 is 1.44 bits per heavy atom. The van der Waals surface area contributed by atoms with Crippen LogP contribution in [0.1, 0.15) is 30.8 Å². The van der Waals surface area contributed by atoms with Crippen LogP contribution in [0.4, 0.5) is 0 Å². The molecule has 1 aromatic carbocycles. The Kier molecular flexibility index (Phi) is 5.36. The molecule has 10 heteroatoms. The number of benzene rings is 1. The number of nitrogens with one attached hydrogen (secondary N) is 1. The van der Waals surface area contributed by atoms with Crippen LogP contribution in [-0.4, -0.2) is 40.0 Å². The van der Waals surface area contributed by atoms with Gasteiger partial charge in [-0.1, -0.05) is 5.16 Å². The standard InChI is InChI=1S/C17H19N5O4S/c1-10-20-12-6-5-11(7-13(12)27-10)26-14(16-22-18-9-25-16)15(23)21-17(2,3)8-19-24-4/h5-9,14H,1-4H3,(H,21,23)/b19-8+. The van der Waals surface area contributed by atoms with Gasteiger partial charge in [-0.25, -0.2) is 4.98 Å². The monoisotopic (exact) mass is 389 g/mol. The van der Waals surface area contributed by atoms with Gasteiger partial charge in [-0.3, -0.25) is 4.79 Å². The molecule has 1 N–H and O–H groups in total. The molecule has 1 amide bonds. The molecule has 2 heterocycles. The number of fused-ring (bicyclic) bond motifs is 1. The third-order valence-electron chi connectivity index (χ3n) is 3.49. The van der Waals surface area contributed by atoms with Gasteiger partial charge in [-0.05, 0) is 39.0 Å². The van der Waals surface area contributed by atoms with Gasteiger partial charge >= 0.3 is 0 Å². The molecule has 0 aliphatic heterocycles. The zero-order chi connectivity index (χ0) is 19.4. The molecule has 0 saturated carbocycles. The Bertz CT molecular complexity index is 952. The molecule has 0 fully saturated rings. The van der Waals surface area contributed by atoms with Crippen LogP contribution in [-0.2, 0) is 9.63 Å². The quantitative estimate of drug-likeness (QED) is 0.488. The van der Waals surface area contributed by atoms with E-state index in [1.165, 1.54) is 13.3 Å². The number of rotatable bonds is 7. The van der Waals surface area contributed by atoms with Gasteiger partial charge in [0.2, 0.25) is 6.39 Å². The summed E-state index contributed by atoms with van der Waals surface area (Å²) < 4.78 is 12.0. The van der Waals surface area contributed by atoms with Crippen molar-refractivity contribution in [2.24, 2.45) is 5.16 Å². The highest BCUT2D eigenvalue weighted by molar-refractivity contribution is 7.18. The van der Waals surface area contributed by atoms with Crippen molar-refractivity contribution in [3.8, 4) is 5.75 Å². The van der Waals surface area contributed by atoms with Crippen LogP contribution in [0.25, 0.3) is 10.2 Å². The fourth-order valence-corrected chi connectivity index (χ4v) is 3.20. The fraction of sp³-hybridized carbons (Fsp3) is 0.353. The molecular weight excluding hydrogens is 370 g/mol. The van der Waals surface area contributed by atoms with Crippen LogP contribution < -0.4 is 10.1 Å². The van der Waals surface area contributed by atoms with Crippen LogP contribution in [0.3, 0.4) is 0 Å². The second-order valence-corrected chi connectivity index (χ2v) is 7.50. The van der Waals surface area contributed by atoms with Crippen molar-refractivity contribution in [3.63, 3.8) is 0 Å². The topological polar surface area (TPSA) is 112 Å². The molecule has 3 aromatic rings. The number of thiazole rings is 1. The summed E-state index contributed by atoms with van der Waals surface area (Å²) in [6, 6.07) is 5.41. The van der Waals surface area contributed by atoms with E-state index in [1.54, 1.807) is 31.3 Å². The van der Waals surface area contributed by atoms with E-state index in [1.807, 2.05) is 19.1 Å². The first-order chi connectivity index (χ1) is 12.9. The van der Waals surface area contributed by atoms with E-state index >= 15 is 0 Å². The Balaban J connectivity index is 1.84. The van der Waals surface area contributed by atoms with Gasteiger partial charge in [0.05, 0.1) is 27.0 Å².